The van der Waals surface area contributed by atoms with Gasteiger partial charge in [0.2, 0.25) is 17.6 Å². The Morgan fingerprint density at radius 3 is 2.59 bits per heavy atom. The van der Waals surface area contributed by atoms with Gasteiger partial charge < -0.3 is 14.2 Å². The van der Waals surface area contributed by atoms with Crippen molar-refractivity contribution in [3.05, 3.63) is 65.5 Å². The molecule has 6 heteroatoms. The molecule has 1 amide bonds. The van der Waals surface area contributed by atoms with Gasteiger partial charge in [-0.05, 0) is 36.8 Å². The van der Waals surface area contributed by atoms with Crippen LogP contribution in [0, 0.1) is 6.92 Å². The van der Waals surface area contributed by atoms with Crippen LogP contribution in [0.2, 0.25) is 0 Å². The molecule has 2 aromatic carbocycles. The van der Waals surface area contributed by atoms with E-state index in [1.165, 1.54) is 5.56 Å². The van der Waals surface area contributed by atoms with Crippen LogP contribution in [0.4, 0.5) is 0 Å². The molecule has 1 saturated heterocycles. The SMILES string of the molecule is COc1ccc(-c2noc(C3CC(=O)N(Cc4ccc(C)cc4)C3)n2)cc1. The Morgan fingerprint density at radius 1 is 1.15 bits per heavy atom. The number of hydrogen-bond acceptors (Lipinski definition) is 5. The molecule has 0 bridgehead atoms. The van der Waals surface area contributed by atoms with Crippen LogP contribution in [0.5, 0.6) is 5.75 Å². The maximum absolute atomic E-state index is 12.4. The first-order chi connectivity index (χ1) is 13.1. The number of carbonyl (C=O) groups is 1. The van der Waals surface area contributed by atoms with Crippen molar-refractivity contribution in [2.24, 2.45) is 0 Å². The second-order valence-corrected chi connectivity index (χ2v) is 6.85. The normalized spacial score (nSPS) is 16.7. The van der Waals surface area contributed by atoms with Crippen LogP contribution in [0.3, 0.4) is 0 Å². The van der Waals surface area contributed by atoms with E-state index in [-0.39, 0.29) is 11.8 Å². The molecule has 4 rings (SSSR count). The van der Waals surface area contributed by atoms with Gasteiger partial charge in [-0.15, -0.1) is 0 Å². The van der Waals surface area contributed by atoms with E-state index in [4.69, 9.17) is 9.26 Å². The molecule has 0 radical (unpaired) electrons. The lowest BCUT2D eigenvalue weighted by Gasteiger charge is -2.16. The van der Waals surface area contributed by atoms with E-state index in [9.17, 15) is 4.79 Å². The maximum Gasteiger partial charge on any atom is 0.232 e. The summed E-state index contributed by atoms with van der Waals surface area (Å²) in [5.41, 5.74) is 3.19. The van der Waals surface area contributed by atoms with E-state index in [2.05, 4.69) is 41.3 Å². The van der Waals surface area contributed by atoms with Crippen LogP contribution in [-0.4, -0.2) is 34.6 Å². The van der Waals surface area contributed by atoms with Crippen molar-refractivity contribution < 1.29 is 14.1 Å². The molecule has 1 unspecified atom stereocenters. The third-order valence-corrected chi connectivity index (χ3v) is 4.85. The molecule has 6 nitrogen and oxygen atoms in total. The fourth-order valence-corrected chi connectivity index (χ4v) is 3.26. The summed E-state index contributed by atoms with van der Waals surface area (Å²) < 4.78 is 10.6. The molecule has 27 heavy (non-hydrogen) atoms. The van der Waals surface area contributed by atoms with Crippen molar-refractivity contribution in [3.8, 4) is 17.1 Å². The summed E-state index contributed by atoms with van der Waals surface area (Å²) in [6.45, 7) is 3.25. The van der Waals surface area contributed by atoms with E-state index in [0.29, 0.717) is 31.2 Å². The molecule has 1 aliphatic heterocycles. The number of aromatic nitrogens is 2. The molecule has 138 valence electrons. The van der Waals surface area contributed by atoms with E-state index in [1.54, 1.807) is 7.11 Å². The summed E-state index contributed by atoms with van der Waals surface area (Å²) in [5.74, 6) is 1.86. The molecular formula is C21H21N3O3. The first kappa shape index (κ1) is 17.3. The minimum absolute atomic E-state index is 0.0672. The average Bonchev–Trinajstić information content (AvgIpc) is 3.31. The van der Waals surface area contributed by atoms with Crippen molar-refractivity contribution in [1.29, 1.82) is 0 Å². The quantitative estimate of drug-likeness (QED) is 0.693. The lowest BCUT2D eigenvalue weighted by molar-refractivity contribution is -0.128. The number of benzene rings is 2. The number of ether oxygens (including phenoxy) is 1. The van der Waals surface area contributed by atoms with Gasteiger partial charge in [0, 0.05) is 25.1 Å². The van der Waals surface area contributed by atoms with Crippen molar-refractivity contribution in [2.75, 3.05) is 13.7 Å². The van der Waals surface area contributed by atoms with Gasteiger partial charge >= 0.3 is 0 Å². The summed E-state index contributed by atoms with van der Waals surface area (Å²) >= 11 is 0. The third kappa shape index (κ3) is 3.69. The second kappa shape index (κ2) is 7.23. The standard InChI is InChI=1S/C21H21N3O3/c1-14-3-5-15(6-4-14)12-24-13-17(11-19(24)25)21-22-20(23-27-21)16-7-9-18(26-2)10-8-16/h3-10,17H,11-13H2,1-2H3. The Labute approximate surface area is 157 Å². The van der Waals surface area contributed by atoms with E-state index < -0.39 is 0 Å². The first-order valence-corrected chi connectivity index (χ1v) is 8.94. The number of aryl methyl sites for hydroxylation is 1. The molecular weight excluding hydrogens is 342 g/mol. The lowest BCUT2D eigenvalue weighted by Crippen LogP contribution is -2.24. The zero-order chi connectivity index (χ0) is 18.8. The Balaban J connectivity index is 1.45. The summed E-state index contributed by atoms with van der Waals surface area (Å²) in [7, 11) is 1.63. The number of likely N-dealkylation sites (tertiary alicyclic amines) is 1. The summed E-state index contributed by atoms with van der Waals surface area (Å²) in [5, 5.41) is 4.07. The minimum Gasteiger partial charge on any atom is -0.497 e. The van der Waals surface area contributed by atoms with Gasteiger partial charge in [-0.25, -0.2) is 0 Å². The smallest absolute Gasteiger partial charge is 0.232 e. The highest BCUT2D eigenvalue weighted by Gasteiger charge is 2.34. The molecule has 1 fully saturated rings. The largest absolute Gasteiger partial charge is 0.497 e. The van der Waals surface area contributed by atoms with Gasteiger partial charge in [0.15, 0.2) is 0 Å². The molecule has 0 aliphatic carbocycles. The van der Waals surface area contributed by atoms with E-state index in [0.717, 1.165) is 16.9 Å². The zero-order valence-corrected chi connectivity index (χ0v) is 15.4. The Kier molecular flexibility index (Phi) is 4.62. The van der Waals surface area contributed by atoms with Crippen molar-refractivity contribution >= 4 is 5.91 Å². The predicted octanol–water partition coefficient (Wildman–Crippen LogP) is 3.57. The Morgan fingerprint density at radius 2 is 1.89 bits per heavy atom. The number of hydrogen-bond donors (Lipinski definition) is 0. The molecule has 3 aromatic rings. The van der Waals surface area contributed by atoms with Crippen molar-refractivity contribution in [1.82, 2.24) is 15.0 Å². The minimum atomic E-state index is -0.0672. The maximum atomic E-state index is 12.4. The molecule has 1 aliphatic rings. The molecule has 0 saturated carbocycles. The second-order valence-electron chi connectivity index (χ2n) is 6.85. The van der Waals surface area contributed by atoms with Gasteiger partial charge in [0.05, 0.1) is 13.0 Å². The van der Waals surface area contributed by atoms with Gasteiger partial charge in [-0.3, -0.25) is 4.79 Å². The Bertz CT molecular complexity index is 932. The van der Waals surface area contributed by atoms with Crippen LogP contribution in [0.25, 0.3) is 11.4 Å². The monoisotopic (exact) mass is 363 g/mol. The lowest BCUT2D eigenvalue weighted by atomic mass is 10.1. The Hall–Kier alpha value is -3.15. The number of methoxy groups -OCH3 is 1. The van der Waals surface area contributed by atoms with E-state index in [1.807, 2.05) is 29.2 Å². The van der Waals surface area contributed by atoms with Crippen LogP contribution >= 0.6 is 0 Å². The fourth-order valence-electron chi connectivity index (χ4n) is 3.26. The summed E-state index contributed by atoms with van der Waals surface area (Å²) in [6, 6.07) is 15.7. The van der Waals surface area contributed by atoms with Gasteiger partial charge in [-0.1, -0.05) is 35.0 Å². The zero-order valence-electron chi connectivity index (χ0n) is 15.4. The van der Waals surface area contributed by atoms with E-state index >= 15 is 0 Å². The van der Waals surface area contributed by atoms with Crippen LogP contribution < -0.4 is 4.74 Å². The molecule has 1 atom stereocenters. The average molecular weight is 363 g/mol. The number of carbonyl (C=O) groups excluding carboxylic acids is 1. The molecule has 2 heterocycles. The third-order valence-electron chi connectivity index (χ3n) is 4.85. The van der Waals surface area contributed by atoms with Gasteiger partial charge in [0.25, 0.3) is 0 Å². The van der Waals surface area contributed by atoms with Gasteiger partial charge in [-0.2, -0.15) is 4.98 Å². The van der Waals surface area contributed by atoms with Gasteiger partial charge in [0.1, 0.15) is 5.75 Å². The van der Waals surface area contributed by atoms with Crippen molar-refractivity contribution in [3.63, 3.8) is 0 Å². The highest BCUT2D eigenvalue weighted by Crippen LogP contribution is 2.30. The fraction of sp³-hybridized carbons (Fsp3) is 0.286. The number of rotatable bonds is 5. The molecule has 0 N–H and O–H groups in total. The molecule has 1 aromatic heterocycles. The number of amides is 1. The topological polar surface area (TPSA) is 68.5 Å². The van der Waals surface area contributed by atoms with Crippen LogP contribution in [0.1, 0.15) is 29.4 Å². The summed E-state index contributed by atoms with van der Waals surface area (Å²) in [4.78, 5) is 18.8. The first-order valence-electron chi connectivity index (χ1n) is 8.94. The predicted molar refractivity (Wildman–Crippen MR) is 100 cm³/mol. The van der Waals surface area contributed by atoms with Crippen molar-refractivity contribution in [2.45, 2.75) is 25.8 Å². The van der Waals surface area contributed by atoms with Crippen LogP contribution in [-0.2, 0) is 11.3 Å². The molecule has 0 spiro atoms. The highest BCUT2D eigenvalue weighted by molar-refractivity contribution is 5.79. The highest BCUT2D eigenvalue weighted by atomic mass is 16.5. The summed E-state index contributed by atoms with van der Waals surface area (Å²) in [6.07, 6.45) is 0.399. The van der Waals surface area contributed by atoms with Crippen LogP contribution in [0.15, 0.2) is 53.1 Å². The number of nitrogens with zero attached hydrogens (tertiary/aromatic N) is 3.